The van der Waals surface area contributed by atoms with Crippen LogP contribution in [0, 0.1) is 0 Å². The zero-order chi connectivity index (χ0) is 33.1. The maximum atomic E-state index is 11.6. The van der Waals surface area contributed by atoms with Crippen LogP contribution in [0.15, 0.2) is 119 Å². The molecule has 1 fully saturated rings. The van der Waals surface area contributed by atoms with E-state index in [9.17, 15) is 18.0 Å². The van der Waals surface area contributed by atoms with E-state index in [2.05, 4.69) is 69.9 Å². The van der Waals surface area contributed by atoms with Crippen molar-refractivity contribution in [2.24, 2.45) is 4.99 Å². The van der Waals surface area contributed by atoms with Gasteiger partial charge in [-0.05, 0) is 82.9 Å². The average molecular weight is 687 g/mol. The number of alkyl halides is 3. The van der Waals surface area contributed by atoms with Crippen LogP contribution in [-0.2, 0) is 16.0 Å². The normalized spacial score (nSPS) is 17.6. The molecule has 1 saturated heterocycles. The highest BCUT2D eigenvalue weighted by Crippen LogP contribution is 2.35. The number of carboxylic acid groups (broad SMARTS) is 1. The van der Waals surface area contributed by atoms with Crippen molar-refractivity contribution in [1.29, 1.82) is 0 Å². The van der Waals surface area contributed by atoms with Crippen LogP contribution in [0.4, 0.5) is 13.2 Å². The first kappa shape index (κ1) is 34.9. The standard InChI is InChI=1S/C31H29ClN4OS2.C2HF3O2/c1-2-3-4-5-26-20-33-31(34-26)28(18-21-6-8-24(9-7-21)29-19-30(37)36-39-29)35-38-27-16-12-23(13-17-27)22-10-14-25(32)15-11-22;3-2(4,5)1(6)7/h2-17,28-29,35H,1,18-20H2,(H,33,34)(H,36,37);(H,6,7)/b4-3-,26-5+;. The number of allylic oxidation sites excluding steroid dienone is 4. The monoisotopic (exact) mass is 686 g/mol. The van der Waals surface area contributed by atoms with E-state index in [0.29, 0.717) is 13.0 Å². The van der Waals surface area contributed by atoms with Gasteiger partial charge in [-0.3, -0.25) is 14.5 Å². The Hall–Kier alpha value is -3.97. The summed E-state index contributed by atoms with van der Waals surface area (Å²) < 4.78 is 38.2. The number of aliphatic imine (C=N–C) groups is 1. The van der Waals surface area contributed by atoms with E-state index >= 15 is 0 Å². The molecule has 7 nitrogen and oxygen atoms in total. The number of carbonyl (C=O) groups is 2. The van der Waals surface area contributed by atoms with Crippen molar-refractivity contribution < 1.29 is 27.9 Å². The Balaban J connectivity index is 0.000000617. The molecule has 2 heterocycles. The molecule has 0 aromatic heterocycles. The number of aliphatic carboxylic acids is 1. The highest BCUT2D eigenvalue weighted by atomic mass is 35.5. The SMILES string of the molecule is C=C/C=C\C=C1/CN=C(C(Cc2ccc(C3CC(=O)NS3)cc2)NSc2ccc(-c3ccc(Cl)cc3)cc2)N1.O=C(O)C(F)(F)F. The summed E-state index contributed by atoms with van der Waals surface area (Å²) in [7, 11) is 0. The predicted molar refractivity (Wildman–Crippen MR) is 179 cm³/mol. The number of halogens is 4. The largest absolute Gasteiger partial charge is 0.490 e. The van der Waals surface area contributed by atoms with Crippen LogP contribution >= 0.6 is 35.5 Å². The summed E-state index contributed by atoms with van der Waals surface area (Å²) in [5.74, 6) is -1.75. The minimum atomic E-state index is -5.08. The molecule has 46 heavy (non-hydrogen) atoms. The first-order valence-electron chi connectivity index (χ1n) is 13.9. The van der Waals surface area contributed by atoms with Crippen molar-refractivity contribution >= 4 is 53.2 Å². The molecule has 13 heteroatoms. The number of amidine groups is 1. The number of benzene rings is 3. The third-order valence-corrected chi connectivity index (χ3v) is 8.88. The molecule has 2 unspecified atom stereocenters. The van der Waals surface area contributed by atoms with Gasteiger partial charge in [0.25, 0.3) is 0 Å². The first-order chi connectivity index (χ1) is 22.0. The predicted octanol–water partition coefficient (Wildman–Crippen LogP) is 7.69. The molecule has 2 aliphatic heterocycles. The van der Waals surface area contributed by atoms with Crippen LogP contribution < -0.4 is 14.8 Å². The number of carboxylic acids is 1. The molecule has 2 atom stereocenters. The van der Waals surface area contributed by atoms with Crippen LogP contribution in [0.1, 0.15) is 22.8 Å². The molecule has 0 bridgehead atoms. The fraction of sp³-hybridized carbons (Fsp3) is 0.182. The van der Waals surface area contributed by atoms with Gasteiger partial charge in [0, 0.05) is 22.0 Å². The Bertz CT molecular complexity index is 1610. The van der Waals surface area contributed by atoms with E-state index in [0.717, 1.165) is 44.6 Å². The number of rotatable bonds is 10. The zero-order valence-corrected chi connectivity index (χ0v) is 26.6. The molecule has 2 aliphatic rings. The van der Waals surface area contributed by atoms with Crippen LogP contribution in [0.2, 0.25) is 5.02 Å². The van der Waals surface area contributed by atoms with Gasteiger partial charge in [-0.25, -0.2) is 9.52 Å². The molecular weight excluding hydrogens is 657 g/mol. The zero-order valence-electron chi connectivity index (χ0n) is 24.3. The lowest BCUT2D eigenvalue weighted by molar-refractivity contribution is -0.192. The van der Waals surface area contributed by atoms with Gasteiger partial charge in [-0.2, -0.15) is 13.2 Å². The average Bonchev–Trinajstić information content (AvgIpc) is 3.69. The van der Waals surface area contributed by atoms with E-state index in [1.54, 1.807) is 18.0 Å². The number of hydrogen-bond donors (Lipinski definition) is 4. The molecular formula is C33H30ClF3N4O3S2. The van der Waals surface area contributed by atoms with Crippen LogP contribution in [0.25, 0.3) is 11.1 Å². The van der Waals surface area contributed by atoms with Gasteiger partial charge < -0.3 is 10.4 Å². The molecule has 0 aliphatic carbocycles. The maximum absolute atomic E-state index is 11.6. The van der Waals surface area contributed by atoms with Gasteiger partial charge in [0.1, 0.15) is 5.84 Å². The molecule has 0 saturated carbocycles. The van der Waals surface area contributed by atoms with E-state index in [-0.39, 0.29) is 17.2 Å². The van der Waals surface area contributed by atoms with Crippen molar-refractivity contribution in [2.75, 3.05) is 6.54 Å². The minimum absolute atomic E-state index is 0.0184. The topological polar surface area (TPSA) is 103 Å². The molecule has 4 N–H and O–H groups in total. The summed E-state index contributed by atoms with van der Waals surface area (Å²) in [5.41, 5.74) is 5.70. The smallest absolute Gasteiger partial charge is 0.475 e. The second-order valence-corrected chi connectivity index (χ2v) is 12.4. The molecule has 0 radical (unpaired) electrons. The van der Waals surface area contributed by atoms with Crippen molar-refractivity contribution in [3.63, 3.8) is 0 Å². The van der Waals surface area contributed by atoms with Crippen LogP contribution in [0.3, 0.4) is 0 Å². The number of amides is 1. The Morgan fingerprint density at radius 3 is 2.28 bits per heavy atom. The van der Waals surface area contributed by atoms with Gasteiger partial charge >= 0.3 is 12.1 Å². The van der Waals surface area contributed by atoms with Gasteiger partial charge in [0.15, 0.2) is 0 Å². The number of hydrogen-bond acceptors (Lipinski definition) is 7. The van der Waals surface area contributed by atoms with E-state index < -0.39 is 12.1 Å². The highest BCUT2D eigenvalue weighted by molar-refractivity contribution is 7.98. The molecule has 1 amide bonds. The highest BCUT2D eigenvalue weighted by Gasteiger charge is 2.38. The summed E-state index contributed by atoms with van der Waals surface area (Å²) in [4.78, 5) is 26.4. The number of nitrogens with zero attached hydrogens (tertiary/aromatic N) is 1. The summed E-state index contributed by atoms with van der Waals surface area (Å²) in [6.07, 6.45) is 3.87. The fourth-order valence-corrected chi connectivity index (χ4v) is 6.08. The number of carbonyl (C=O) groups excluding carboxylic acids is 1. The number of nitrogens with one attached hydrogen (secondary N) is 3. The van der Waals surface area contributed by atoms with Crippen molar-refractivity contribution in [1.82, 2.24) is 14.8 Å². The van der Waals surface area contributed by atoms with Gasteiger partial charge in [-0.1, -0.05) is 84.9 Å². The lowest BCUT2D eigenvalue weighted by atomic mass is 10.0. The van der Waals surface area contributed by atoms with Crippen molar-refractivity contribution in [2.45, 2.75) is 35.2 Å². The minimum Gasteiger partial charge on any atom is -0.475 e. The third kappa shape index (κ3) is 10.5. The Kier molecular flexibility index (Phi) is 12.6. The molecule has 3 aromatic rings. The molecule has 5 rings (SSSR count). The van der Waals surface area contributed by atoms with Crippen LogP contribution in [-0.4, -0.2) is 41.6 Å². The maximum Gasteiger partial charge on any atom is 0.490 e. The third-order valence-electron chi connectivity index (χ3n) is 6.65. The summed E-state index contributed by atoms with van der Waals surface area (Å²) in [6, 6.07) is 24.9. The van der Waals surface area contributed by atoms with Gasteiger partial charge in [-0.15, -0.1) is 0 Å². The second kappa shape index (κ2) is 16.5. The fourth-order valence-electron chi connectivity index (χ4n) is 4.33. The Morgan fingerprint density at radius 2 is 1.72 bits per heavy atom. The molecule has 0 spiro atoms. The summed E-state index contributed by atoms with van der Waals surface area (Å²) in [6.45, 7) is 4.34. The van der Waals surface area contributed by atoms with Crippen molar-refractivity contribution in [3.8, 4) is 11.1 Å². The Labute approximate surface area is 278 Å². The van der Waals surface area contributed by atoms with Crippen LogP contribution in [0.5, 0.6) is 0 Å². The van der Waals surface area contributed by atoms with Crippen molar-refractivity contribution in [3.05, 3.63) is 126 Å². The van der Waals surface area contributed by atoms with E-state index in [1.807, 2.05) is 42.5 Å². The van der Waals surface area contributed by atoms with Gasteiger partial charge in [0.05, 0.1) is 17.8 Å². The quantitative estimate of drug-likeness (QED) is 0.128. The van der Waals surface area contributed by atoms with E-state index in [4.69, 9.17) is 26.5 Å². The van der Waals surface area contributed by atoms with Gasteiger partial charge in [0.2, 0.25) is 5.91 Å². The summed E-state index contributed by atoms with van der Waals surface area (Å²) in [5, 5.41) is 11.5. The lowest BCUT2D eigenvalue weighted by Gasteiger charge is -2.19. The second-order valence-electron chi connectivity index (χ2n) is 10.0. The molecule has 3 aromatic carbocycles. The first-order valence-corrected chi connectivity index (χ1v) is 16.0. The summed E-state index contributed by atoms with van der Waals surface area (Å²) >= 11 is 9.13. The van der Waals surface area contributed by atoms with E-state index in [1.165, 1.54) is 17.5 Å². The molecule has 240 valence electrons. The lowest BCUT2D eigenvalue weighted by Crippen LogP contribution is -2.40. The Morgan fingerprint density at radius 1 is 1.09 bits per heavy atom.